The molecule has 5 heteroatoms. The van der Waals surface area contributed by atoms with E-state index in [1.807, 2.05) is 36.1 Å². The molecule has 0 bridgehead atoms. The highest BCUT2D eigenvalue weighted by Crippen LogP contribution is 2.20. The molecule has 1 aliphatic heterocycles. The molecule has 1 aliphatic rings. The van der Waals surface area contributed by atoms with Gasteiger partial charge in [0.25, 0.3) is 5.91 Å². The van der Waals surface area contributed by atoms with Crippen molar-refractivity contribution in [1.29, 1.82) is 0 Å². The van der Waals surface area contributed by atoms with E-state index in [-0.39, 0.29) is 12.0 Å². The van der Waals surface area contributed by atoms with Gasteiger partial charge in [-0.2, -0.15) is 0 Å². The third-order valence-electron chi connectivity index (χ3n) is 4.49. The van der Waals surface area contributed by atoms with Crippen LogP contribution >= 0.6 is 0 Å². The number of rotatable bonds is 7. The number of allylic oxidation sites excluding steroid dienone is 1. The number of aliphatic hydroxyl groups excluding tert-OH is 1. The Morgan fingerprint density at radius 1 is 1.38 bits per heavy atom. The van der Waals surface area contributed by atoms with Crippen LogP contribution in [0.15, 0.2) is 30.9 Å². The van der Waals surface area contributed by atoms with Crippen molar-refractivity contribution < 1.29 is 14.6 Å². The molecule has 1 saturated heterocycles. The molecule has 1 N–H and O–H groups in total. The monoisotopic (exact) mass is 332 g/mol. The van der Waals surface area contributed by atoms with Crippen molar-refractivity contribution in [2.75, 3.05) is 39.8 Å². The summed E-state index contributed by atoms with van der Waals surface area (Å²) in [6.07, 6.45) is 3.07. The van der Waals surface area contributed by atoms with Crippen LogP contribution < -0.4 is 4.74 Å². The zero-order valence-corrected chi connectivity index (χ0v) is 14.7. The fraction of sp³-hybridized carbons (Fsp3) is 0.526. The quantitative estimate of drug-likeness (QED) is 0.777. The van der Waals surface area contributed by atoms with Gasteiger partial charge in [-0.25, -0.2) is 0 Å². The maximum atomic E-state index is 12.6. The lowest BCUT2D eigenvalue weighted by molar-refractivity contribution is 0.0517. The Balaban J connectivity index is 1.87. The summed E-state index contributed by atoms with van der Waals surface area (Å²) in [7, 11) is 1.62. The Hall–Kier alpha value is -1.85. The minimum absolute atomic E-state index is 0.0418. The maximum Gasteiger partial charge on any atom is 0.254 e. The van der Waals surface area contributed by atoms with Crippen molar-refractivity contribution in [1.82, 2.24) is 9.80 Å². The van der Waals surface area contributed by atoms with E-state index in [1.54, 1.807) is 7.11 Å². The molecular formula is C19H28N2O3. The van der Waals surface area contributed by atoms with E-state index >= 15 is 0 Å². The first-order valence-electron chi connectivity index (χ1n) is 8.50. The molecule has 0 radical (unpaired) electrons. The summed E-state index contributed by atoms with van der Waals surface area (Å²) in [6, 6.07) is 5.58. The highest BCUT2D eigenvalue weighted by atomic mass is 16.5. The standard InChI is InChI=1S/C19H28N2O3/c1-4-5-6-17(22)14-20-9-11-21(12-10-20)19(23)16-8-7-15(2)18(13-16)24-3/h4,7-8,13,17,22H,1,5-6,9-12,14H2,2-3H3. The average Bonchev–Trinajstić information content (AvgIpc) is 2.60. The zero-order valence-electron chi connectivity index (χ0n) is 14.7. The summed E-state index contributed by atoms with van der Waals surface area (Å²) in [4.78, 5) is 16.7. The average molecular weight is 332 g/mol. The van der Waals surface area contributed by atoms with Crippen LogP contribution in [0, 0.1) is 6.92 Å². The number of piperazine rings is 1. The summed E-state index contributed by atoms with van der Waals surface area (Å²) in [5, 5.41) is 9.99. The van der Waals surface area contributed by atoms with Crippen molar-refractivity contribution in [2.45, 2.75) is 25.9 Å². The topological polar surface area (TPSA) is 53.0 Å². The Kier molecular flexibility index (Phi) is 6.82. The number of carbonyl (C=O) groups is 1. The lowest BCUT2D eigenvalue weighted by Gasteiger charge is -2.35. The van der Waals surface area contributed by atoms with Gasteiger partial charge in [-0.1, -0.05) is 12.1 Å². The Morgan fingerprint density at radius 2 is 2.08 bits per heavy atom. The summed E-state index contributed by atoms with van der Waals surface area (Å²) >= 11 is 0. The van der Waals surface area contributed by atoms with E-state index in [1.165, 1.54) is 0 Å². The number of β-amino-alcohol motifs (C(OH)–C–C–N with tert-alkyl or cyclic N) is 1. The number of amides is 1. The summed E-state index contributed by atoms with van der Waals surface area (Å²) < 4.78 is 5.30. The van der Waals surface area contributed by atoms with Gasteiger partial charge in [-0.3, -0.25) is 9.69 Å². The molecule has 24 heavy (non-hydrogen) atoms. The van der Waals surface area contributed by atoms with E-state index in [2.05, 4.69) is 11.5 Å². The molecule has 1 fully saturated rings. The van der Waals surface area contributed by atoms with Crippen LogP contribution in [0.3, 0.4) is 0 Å². The van der Waals surface area contributed by atoms with Gasteiger partial charge in [0, 0.05) is 38.3 Å². The SMILES string of the molecule is C=CCCC(O)CN1CCN(C(=O)c2ccc(C)c(OC)c2)CC1. The number of hydrogen-bond donors (Lipinski definition) is 1. The first kappa shape index (κ1) is 18.5. The predicted molar refractivity (Wildman–Crippen MR) is 95.5 cm³/mol. The fourth-order valence-corrected chi connectivity index (χ4v) is 2.97. The highest BCUT2D eigenvalue weighted by molar-refractivity contribution is 5.94. The van der Waals surface area contributed by atoms with Crippen LogP contribution in [-0.2, 0) is 0 Å². The van der Waals surface area contributed by atoms with Crippen molar-refractivity contribution in [3.63, 3.8) is 0 Å². The summed E-state index contributed by atoms with van der Waals surface area (Å²) in [5.74, 6) is 0.782. The molecule has 0 aliphatic carbocycles. The second-order valence-electron chi connectivity index (χ2n) is 6.30. The Labute approximate surface area is 144 Å². The van der Waals surface area contributed by atoms with Gasteiger partial charge in [0.05, 0.1) is 13.2 Å². The first-order valence-corrected chi connectivity index (χ1v) is 8.50. The Morgan fingerprint density at radius 3 is 2.71 bits per heavy atom. The molecule has 1 unspecified atom stereocenters. The zero-order chi connectivity index (χ0) is 17.5. The number of nitrogens with zero attached hydrogens (tertiary/aromatic N) is 2. The molecule has 5 nitrogen and oxygen atoms in total. The smallest absolute Gasteiger partial charge is 0.254 e. The molecule has 0 spiro atoms. The van der Waals surface area contributed by atoms with Crippen LogP contribution in [0.25, 0.3) is 0 Å². The number of methoxy groups -OCH3 is 1. The fourth-order valence-electron chi connectivity index (χ4n) is 2.97. The first-order chi connectivity index (χ1) is 11.5. The van der Waals surface area contributed by atoms with E-state index in [4.69, 9.17) is 4.74 Å². The van der Waals surface area contributed by atoms with Crippen molar-refractivity contribution in [3.05, 3.63) is 42.0 Å². The molecule has 1 aromatic rings. The van der Waals surface area contributed by atoms with Gasteiger partial charge in [-0.15, -0.1) is 6.58 Å². The van der Waals surface area contributed by atoms with E-state index in [0.717, 1.165) is 37.2 Å². The van der Waals surface area contributed by atoms with Gasteiger partial charge in [0.2, 0.25) is 0 Å². The molecule has 1 aromatic carbocycles. The van der Waals surface area contributed by atoms with Crippen LogP contribution in [0.5, 0.6) is 5.75 Å². The molecule has 0 saturated carbocycles. The third kappa shape index (κ3) is 4.82. The molecule has 1 heterocycles. The van der Waals surface area contributed by atoms with Crippen LogP contribution in [-0.4, -0.2) is 66.8 Å². The lowest BCUT2D eigenvalue weighted by Crippen LogP contribution is -2.50. The number of aliphatic hydroxyl groups is 1. The second kappa shape index (κ2) is 8.85. The molecule has 0 aromatic heterocycles. The summed E-state index contributed by atoms with van der Waals surface area (Å²) in [6.45, 7) is 9.25. The Bertz CT molecular complexity index is 566. The largest absolute Gasteiger partial charge is 0.496 e. The minimum atomic E-state index is -0.327. The highest BCUT2D eigenvalue weighted by Gasteiger charge is 2.23. The van der Waals surface area contributed by atoms with E-state index in [9.17, 15) is 9.90 Å². The van der Waals surface area contributed by atoms with Gasteiger partial charge < -0.3 is 14.7 Å². The number of benzene rings is 1. The van der Waals surface area contributed by atoms with E-state index in [0.29, 0.717) is 25.2 Å². The van der Waals surface area contributed by atoms with Crippen molar-refractivity contribution in [2.24, 2.45) is 0 Å². The normalized spacial score (nSPS) is 16.7. The van der Waals surface area contributed by atoms with Gasteiger partial charge in [0.1, 0.15) is 5.75 Å². The lowest BCUT2D eigenvalue weighted by atomic mass is 10.1. The minimum Gasteiger partial charge on any atom is -0.496 e. The predicted octanol–water partition coefficient (Wildman–Crippen LogP) is 2.09. The van der Waals surface area contributed by atoms with Crippen LogP contribution in [0.1, 0.15) is 28.8 Å². The number of aryl methyl sites for hydroxylation is 1. The summed E-state index contributed by atoms with van der Waals surface area (Å²) in [5.41, 5.74) is 1.68. The number of ether oxygens (including phenoxy) is 1. The maximum absolute atomic E-state index is 12.6. The molecule has 1 atom stereocenters. The second-order valence-corrected chi connectivity index (χ2v) is 6.30. The van der Waals surface area contributed by atoms with E-state index < -0.39 is 0 Å². The van der Waals surface area contributed by atoms with Gasteiger partial charge >= 0.3 is 0 Å². The molecule has 132 valence electrons. The van der Waals surface area contributed by atoms with Crippen LogP contribution in [0.4, 0.5) is 0 Å². The van der Waals surface area contributed by atoms with Gasteiger partial charge in [-0.05, 0) is 37.5 Å². The van der Waals surface area contributed by atoms with Crippen molar-refractivity contribution in [3.8, 4) is 5.75 Å². The van der Waals surface area contributed by atoms with Gasteiger partial charge in [0.15, 0.2) is 0 Å². The van der Waals surface area contributed by atoms with Crippen molar-refractivity contribution >= 4 is 5.91 Å². The molecule has 2 rings (SSSR count). The van der Waals surface area contributed by atoms with Crippen LogP contribution in [0.2, 0.25) is 0 Å². The number of hydrogen-bond acceptors (Lipinski definition) is 4. The third-order valence-corrected chi connectivity index (χ3v) is 4.49. The number of carbonyl (C=O) groups excluding carboxylic acids is 1. The molecule has 1 amide bonds. The molecular weight excluding hydrogens is 304 g/mol.